The molecule has 1 atom stereocenters. The minimum atomic E-state index is -1.02. The molecule has 0 bridgehead atoms. The average Bonchev–Trinajstić information content (AvgIpc) is 3.01. The predicted molar refractivity (Wildman–Crippen MR) is 101 cm³/mol. The van der Waals surface area contributed by atoms with E-state index in [2.05, 4.69) is 10.2 Å². The number of thioether (sulfide) groups is 1. The van der Waals surface area contributed by atoms with Gasteiger partial charge in [-0.1, -0.05) is 23.4 Å². The number of aromatic nitrogens is 3. The monoisotopic (exact) mass is 391 g/mol. The molecular formula is C17H18ClN5O2S. The van der Waals surface area contributed by atoms with Gasteiger partial charge in [-0.25, -0.2) is 0 Å². The standard InChI is InChI=1S/C17H18ClN5O2S/c1-11(20)14(9-19)15(24)10-26-17-22-21-16(23(17)7-8-25-2)12-3-5-13(18)6-4-12/h3-6,14,20H,7-8,10H2,1-2H3. The van der Waals surface area contributed by atoms with Crippen LogP contribution in [0.3, 0.4) is 0 Å². The predicted octanol–water partition coefficient (Wildman–Crippen LogP) is 3.09. The molecule has 1 aromatic carbocycles. The molecule has 0 spiro atoms. The summed E-state index contributed by atoms with van der Waals surface area (Å²) in [7, 11) is 1.60. The van der Waals surface area contributed by atoms with Gasteiger partial charge in [-0.3, -0.25) is 9.36 Å². The summed E-state index contributed by atoms with van der Waals surface area (Å²) in [5, 5.41) is 26.1. The van der Waals surface area contributed by atoms with Gasteiger partial charge in [0.25, 0.3) is 0 Å². The van der Waals surface area contributed by atoms with Crippen molar-refractivity contribution in [2.75, 3.05) is 19.5 Å². The Kier molecular flexibility index (Phi) is 7.33. The van der Waals surface area contributed by atoms with Crippen molar-refractivity contribution in [1.82, 2.24) is 14.8 Å². The molecule has 0 fully saturated rings. The van der Waals surface area contributed by atoms with Crippen molar-refractivity contribution in [1.29, 1.82) is 10.7 Å². The lowest BCUT2D eigenvalue weighted by Crippen LogP contribution is -2.21. The van der Waals surface area contributed by atoms with Gasteiger partial charge in [0.1, 0.15) is 5.92 Å². The third-order valence-electron chi connectivity index (χ3n) is 3.57. The molecule has 1 unspecified atom stereocenters. The van der Waals surface area contributed by atoms with Crippen LogP contribution in [0.15, 0.2) is 29.4 Å². The molecule has 26 heavy (non-hydrogen) atoms. The molecule has 1 aromatic heterocycles. The van der Waals surface area contributed by atoms with E-state index in [1.54, 1.807) is 19.2 Å². The average molecular weight is 392 g/mol. The molecule has 136 valence electrons. The number of halogens is 1. The first-order chi connectivity index (χ1) is 12.5. The highest BCUT2D eigenvalue weighted by molar-refractivity contribution is 7.99. The number of benzene rings is 1. The van der Waals surface area contributed by atoms with Crippen LogP contribution in [0.5, 0.6) is 0 Å². The van der Waals surface area contributed by atoms with E-state index >= 15 is 0 Å². The third-order valence-corrected chi connectivity index (χ3v) is 4.81. The molecule has 0 saturated heterocycles. The Bertz CT molecular complexity index is 829. The van der Waals surface area contributed by atoms with E-state index in [1.165, 1.54) is 18.7 Å². The molecule has 0 saturated carbocycles. The van der Waals surface area contributed by atoms with Crippen LogP contribution in [0.4, 0.5) is 0 Å². The van der Waals surface area contributed by atoms with Crippen molar-refractivity contribution in [3.8, 4) is 17.5 Å². The van der Waals surface area contributed by atoms with Gasteiger partial charge < -0.3 is 10.1 Å². The number of nitrogens with zero attached hydrogens (tertiary/aromatic N) is 4. The normalized spacial score (nSPS) is 11.8. The Balaban J connectivity index is 2.23. The second-order valence-corrected chi connectivity index (χ2v) is 6.84. The number of nitrogens with one attached hydrogen (secondary N) is 1. The molecule has 0 aliphatic carbocycles. The molecule has 0 aliphatic heterocycles. The summed E-state index contributed by atoms with van der Waals surface area (Å²) in [5.74, 6) is -0.651. The number of nitriles is 1. The molecule has 7 nitrogen and oxygen atoms in total. The number of rotatable bonds is 9. The summed E-state index contributed by atoms with van der Waals surface area (Å²) in [5.41, 5.74) is 0.891. The molecule has 1 N–H and O–H groups in total. The fraction of sp³-hybridized carbons (Fsp3) is 0.353. The fourth-order valence-corrected chi connectivity index (χ4v) is 3.22. The quantitative estimate of drug-likeness (QED) is 0.520. The molecule has 0 aliphatic rings. The lowest BCUT2D eigenvalue weighted by Gasteiger charge is -2.10. The van der Waals surface area contributed by atoms with Crippen LogP contribution in [0, 0.1) is 22.7 Å². The van der Waals surface area contributed by atoms with Crippen molar-refractivity contribution in [2.45, 2.75) is 18.6 Å². The number of hydrogen-bond acceptors (Lipinski definition) is 7. The van der Waals surface area contributed by atoms with Gasteiger partial charge in [-0.15, -0.1) is 10.2 Å². The van der Waals surface area contributed by atoms with Crippen molar-refractivity contribution >= 4 is 34.9 Å². The fourth-order valence-electron chi connectivity index (χ4n) is 2.22. The summed E-state index contributed by atoms with van der Waals surface area (Å²) in [6.45, 7) is 2.43. The summed E-state index contributed by atoms with van der Waals surface area (Å²) in [6, 6.07) is 9.09. The second kappa shape index (κ2) is 9.48. The van der Waals surface area contributed by atoms with Crippen LogP contribution in [0.25, 0.3) is 11.4 Å². The Morgan fingerprint density at radius 1 is 1.42 bits per heavy atom. The van der Waals surface area contributed by atoms with E-state index in [0.717, 1.165) is 5.56 Å². The topological polar surface area (TPSA) is 105 Å². The Morgan fingerprint density at radius 3 is 2.69 bits per heavy atom. The van der Waals surface area contributed by atoms with E-state index in [9.17, 15) is 4.79 Å². The number of methoxy groups -OCH3 is 1. The minimum Gasteiger partial charge on any atom is -0.383 e. The largest absolute Gasteiger partial charge is 0.383 e. The van der Waals surface area contributed by atoms with Crippen molar-refractivity contribution in [2.24, 2.45) is 5.92 Å². The van der Waals surface area contributed by atoms with Crippen LogP contribution in [-0.2, 0) is 16.1 Å². The lowest BCUT2D eigenvalue weighted by molar-refractivity contribution is -0.117. The van der Waals surface area contributed by atoms with Gasteiger partial charge in [0, 0.05) is 23.4 Å². The second-order valence-electron chi connectivity index (χ2n) is 5.46. The van der Waals surface area contributed by atoms with Crippen LogP contribution in [0.1, 0.15) is 6.92 Å². The number of carbonyl (C=O) groups excluding carboxylic acids is 1. The summed E-state index contributed by atoms with van der Waals surface area (Å²) >= 11 is 7.13. The maximum absolute atomic E-state index is 12.1. The van der Waals surface area contributed by atoms with Crippen molar-refractivity contribution < 1.29 is 9.53 Å². The number of Topliss-reactive ketones (excluding diaryl/α,β-unsaturated/α-hetero) is 1. The molecule has 9 heteroatoms. The zero-order valence-corrected chi connectivity index (χ0v) is 16.0. The first kappa shape index (κ1) is 20.1. The van der Waals surface area contributed by atoms with Gasteiger partial charge in [-0.05, 0) is 31.2 Å². The van der Waals surface area contributed by atoms with Gasteiger partial charge >= 0.3 is 0 Å². The molecule has 1 heterocycles. The molecule has 0 radical (unpaired) electrons. The molecule has 2 aromatic rings. The highest BCUT2D eigenvalue weighted by Gasteiger charge is 2.22. The van der Waals surface area contributed by atoms with E-state index in [1.807, 2.05) is 22.8 Å². The zero-order valence-electron chi connectivity index (χ0n) is 14.4. The van der Waals surface area contributed by atoms with Gasteiger partial charge in [-0.2, -0.15) is 5.26 Å². The van der Waals surface area contributed by atoms with Crippen LogP contribution < -0.4 is 0 Å². The summed E-state index contributed by atoms with van der Waals surface area (Å²) in [4.78, 5) is 12.1. The smallest absolute Gasteiger partial charge is 0.192 e. The first-order valence-corrected chi connectivity index (χ1v) is 9.12. The van der Waals surface area contributed by atoms with Gasteiger partial charge in [0.05, 0.1) is 25.0 Å². The van der Waals surface area contributed by atoms with E-state index in [4.69, 9.17) is 27.0 Å². The Morgan fingerprint density at radius 2 is 2.12 bits per heavy atom. The van der Waals surface area contributed by atoms with E-state index in [-0.39, 0.29) is 17.2 Å². The lowest BCUT2D eigenvalue weighted by atomic mass is 10.0. The summed E-state index contributed by atoms with van der Waals surface area (Å²) in [6.07, 6.45) is 0. The van der Waals surface area contributed by atoms with Gasteiger partial charge in [0.2, 0.25) is 0 Å². The highest BCUT2D eigenvalue weighted by atomic mass is 35.5. The Labute approximate surface area is 160 Å². The maximum atomic E-state index is 12.1. The molecule has 2 rings (SSSR count). The number of ketones is 1. The SMILES string of the molecule is COCCn1c(SCC(=O)C(C#N)C(C)=N)nnc1-c1ccc(Cl)cc1. The molecule has 0 amide bonds. The summed E-state index contributed by atoms with van der Waals surface area (Å²) < 4.78 is 7.01. The van der Waals surface area contributed by atoms with E-state index < -0.39 is 5.92 Å². The highest BCUT2D eigenvalue weighted by Crippen LogP contribution is 2.25. The number of hydrogen-bond donors (Lipinski definition) is 1. The minimum absolute atomic E-state index is 0.0418. The van der Waals surface area contributed by atoms with E-state index in [0.29, 0.717) is 29.2 Å². The first-order valence-electron chi connectivity index (χ1n) is 7.76. The van der Waals surface area contributed by atoms with Gasteiger partial charge in [0.15, 0.2) is 16.8 Å². The zero-order chi connectivity index (χ0) is 19.1. The number of ether oxygens (including phenoxy) is 1. The van der Waals surface area contributed by atoms with Crippen LogP contribution in [0.2, 0.25) is 5.02 Å². The van der Waals surface area contributed by atoms with Crippen LogP contribution >= 0.6 is 23.4 Å². The third kappa shape index (κ3) is 4.91. The molecular weight excluding hydrogens is 374 g/mol. The van der Waals surface area contributed by atoms with Crippen LogP contribution in [-0.4, -0.2) is 45.7 Å². The Hall–Kier alpha value is -2.21. The van der Waals surface area contributed by atoms with Crippen molar-refractivity contribution in [3.05, 3.63) is 29.3 Å². The van der Waals surface area contributed by atoms with Crippen molar-refractivity contribution in [3.63, 3.8) is 0 Å². The number of carbonyl (C=O) groups is 1. The maximum Gasteiger partial charge on any atom is 0.192 e.